The van der Waals surface area contributed by atoms with Crippen molar-refractivity contribution in [3.63, 3.8) is 0 Å². The van der Waals surface area contributed by atoms with Gasteiger partial charge in [-0.25, -0.2) is 21.5 Å². The summed E-state index contributed by atoms with van der Waals surface area (Å²) in [5, 5.41) is 16.2. The first-order chi connectivity index (χ1) is 10.9. The third-order valence-corrected chi connectivity index (χ3v) is 3.88. The van der Waals surface area contributed by atoms with Gasteiger partial charge in [-0.3, -0.25) is 16.1 Å². The largest absolute Gasteiger partial charge is 0.290 e. The summed E-state index contributed by atoms with van der Waals surface area (Å²) in [7, 11) is -3.33. The topological polar surface area (TPSA) is 93.5 Å². The van der Waals surface area contributed by atoms with Crippen LogP contribution >= 0.6 is 11.6 Å². The third kappa shape index (κ3) is 3.41. The van der Waals surface area contributed by atoms with Gasteiger partial charge in [-0.05, 0) is 30.3 Å². The maximum atomic E-state index is 14.5. The van der Waals surface area contributed by atoms with Gasteiger partial charge >= 0.3 is 0 Å². The van der Waals surface area contributed by atoms with E-state index in [2.05, 4.69) is 0 Å². The fraction of sp³-hybridized carbons (Fsp3) is 0. The molecule has 2 rings (SSSR count). The average molecular weight is 362 g/mol. The molecule has 0 heterocycles. The summed E-state index contributed by atoms with van der Waals surface area (Å²) in [6.07, 6.45) is 0. The molecule has 0 amide bonds. The number of benzene rings is 2. The van der Waals surface area contributed by atoms with Crippen LogP contribution in [0.1, 0.15) is 5.56 Å². The minimum Gasteiger partial charge on any atom is -0.290 e. The molecule has 0 saturated heterocycles. The highest BCUT2D eigenvalue weighted by atomic mass is 35.5. The molecule has 122 valence electrons. The second-order valence-corrected chi connectivity index (χ2v) is 5.58. The van der Waals surface area contributed by atoms with Gasteiger partial charge in [0.25, 0.3) is 0 Å². The first-order valence-electron chi connectivity index (χ1n) is 6.03. The lowest BCUT2D eigenvalue weighted by Crippen LogP contribution is -2.24. The van der Waals surface area contributed by atoms with E-state index in [9.17, 15) is 17.2 Å². The van der Waals surface area contributed by atoms with Gasteiger partial charge in [0.15, 0.2) is 11.7 Å². The Kier molecular flexibility index (Phi) is 5.14. The molecule has 2 aromatic rings. The molecular weight excluding hydrogens is 352 g/mol. The van der Waals surface area contributed by atoms with E-state index in [1.54, 1.807) is 0 Å². The van der Waals surface area contributed by atoms with Crippen LogP contribution in [0.5, 0.6) is 0 Å². The second kappa shape index (κ2) is 6.90. The van der Waals surface area contributed by atoms with Gasteiger partial charge in [0.1, 0.15) is 5.82 Å². The molecule has 23 heavy (non-hydrogen) atoms. The van der Waals surface area contributed by atoms with Crippen LogP contribution in [0.15, 0.2) is 36.4 Å². The standard InChI is InChI=1S/C13H10ClF2N3O3S/c14-7-2-1-3-8(6-7)19(23(21)22)10-5-4-9(15)11(12(10)16)13(17)18-20/h1-6,20,23H,(H2,17,18). The van der Waals surface area contributed by atoms with Crippen LogP contribution in [0.25, 0.3) is 0 Å². The van der Waals surface area contributed by atoms with Crippen molar-refractivity contribution in [2.24, 2.45) is 0 Å². The van der Waals surface area contributed by atoms with Gasteiger partial charge in [0, 0.05) is 5.02 Å². The van der Waals surface area contributed by atoms with E-state index in [1.807, 2.05) is 0 Å². The number of rotatable bonds is 4. The highest BCUT2D eigenvalue weighted by Crippen LogP contribution is 2.32. The number of thiol groups is 1. The van der Waals surface area contributed by atoms with E-state index in [-0.39, 0.29) is 10.7 Å². The zero-order valence-electron chi connectivity index (χ0n) is 11.3. The lowest BCUT2D eigenvalue weighted by molar-refractivity contribution is 0.233. The Morgan fingerprint density at radius 3 is 2.52 bits per heavy atom. The van der Waals surface area contributed by atoms with Gasteiger partial charge in [0.2, 0.25) is 10.9 Å². The van der Waals surface area contributed by atoms with E-state index in [0.29, 0.717) is 4.31 Å². The zero-order chi connectivity index (χ0) is 17.1. The Labute approximate surface area is 136 Å². The maximum Gasteiger partial charge on any atom is 0.229 e. The average Bonchev–Trinajstić information content (AvgIpc) is 2.49. The molecule has 0 unspecified atom stereocenters. The maximum absolute atomic E-state index is 14.5. The van der Waals surface area contributed by atoms with Crippen LogP contribution in [-0.2, 0) is 10.9 Å². The second-order valence-electron chi connectivity index (χ2n) is 4.27. The zero-order valence-corrected chi connectivity index (χ0v) is 12.9. The molecule has 0 saturated carbocycles. The number of hydrogen-bond donors (Lipinski definition) is 4. The highest BCUT2D eigenvalue weighted by molar-refractivity contribution is 7.74. The summed E-state index contributed by atoms with van der Waals surface area (Å²) in [5.74, 6) is -3.41. The summed E-state index contributed by atoms with van der Waals surface area (Å²) < 4.78 is 51.8. The highest BCUT2D eigenvalue weighted by Gasteiger charge is 2.23. The summed E-state index contributed by atoms with van der Waals surface area (Å²) in [6, 6.07) is 7.31. The van der Waals surface area contributed by atoms with Crippen molar-refractivity contribution in [3.8, 4) is 0 Å². The molecule has 0 atom stereocenters. The lowest BCUT2D eigenvalue weighted by Gasteiger charge is -2.20. The molecule has 0 aliphatic heterocycles. The summed E-state index contributed by atoms with van der Waals surface area (Å²) >= 11 is 5.80. The predicted molar refractivity (Wildman–Crippen MR) is 82.0 cm³/mol. The number of nitrogens with zero attached hydrogens (tertiary/aromatic N) is 1. The quantitative estimate of drug-likeness (QED) is 0.291. The van der Waals surface area contributed by atoms with Crippen LogP contribution in [0, 0.1) is 17.0 Å². The Hall–Kier alpha value is -2.23. The smallest absolute Gasteiger partial charge is 0.229 e. The fourth-order valence-corrected chi connectivity index (χ4v) is 2.75. The monoisotopic (exact) mass is 361 g/mol. The number of nitrogens with one attached hydrogen (secondary N) is 2. The van der Waals surface area contributed by atoms with Crippen LogP contribution in [-0.4, -0.2) is 19.5 Å². The van der Waals surface area contributed by atoms with Crippen molar-refractivity contribution in [2.75, 3.05) is 4.31 Å². The van der Waals surface area contributed by atoms with E-state index in [1.165, 1.54) is 29.7 Å². The van der Waals surface area contributed by atoms with Crippen molar-refractivity contribution in [1.29, 1.82) is 5.41 Å². The van der Waals surface area contributed by atoms with Crippen molar-refractivity contribution >= 4 is 39.7 Å². The molecule has 2 aromatic carbocycles. The molecule has 0 spiro atoms. The van der Waals surface area contributed by atoms with Gasteiger partial charge < -0.3 is 0 Å². The summed E-state index contributed by atoms with van der Waals surface area (Å²) in [6.45, 7) is 0. The van der Waals surface area contributed by atoms with E-state index in [4.69, 9.17) is 22.2 Å². The number of hydrogen-bond acceptors (Lipinski definition) is 4. The van der Waals surface area contributed by atoms with Gasteiger partial charge in [-0.1, -0.05) is 17.7 Å². The number of anilines is 2. The molecule has 0 aromatic heterocycles. The summed E-state index contributed by atoms with van der Waals surface area (Å²) in [4.78, 5) is 0. The van der Waals surface area contributed by atoms with Crippen molar-refractivity contribution in [1.82, 2.24) is 5.48 Å². The first kappa shape index (κ1) is 17.1. The number of halogens is 3. The Morgan fingerprint density at radius 2 is 1.96 bits per heavy atom. The van der Waals surface area contributed by atoms with E-state index in [0.717, 1.165) is 12.1 Å². The van der Waals surface area contributed by atoms with Gasteiger partial charge in [-0.15, -0.1) is 0 Å². The van der Waals surface area contributed by atoms with E-state index < -0.39 is 39.6 Å². The molecule has 0 bridgehead atoms. The number of amidine groups is 1. The molecular formula is C13H10ClF2N3O3S. The lowest BCUT2D eigenvalue weighted by atomic mass is 10.1. The third-order valence-electron chi connectivity index (χ3n) is 2.88. The molecule has 0 radical (unpaired) electrons. The normalized spacial score (nSPS) is 10.7. The van der Waals surface area contributed by atoms with Crippen molar-refractivity contribution < 1.29 is 22.4 Å². The van der Waals surface area contributed by atoms with Crippen LogP contribution in [0.2, 0.25) is 5.02 Å². The molecule has 0 aliphatic rings. The molecule has 0 fully saturated rings. The molecule has 3 N–H and O–H groups in total. The number of hydroxylamine groups is 1. The van der Waals surface area contributed by atoms with Gasteiger partial charge in [-0.2, -0.15) is 0 Å². The minimum absolute atomic E-state index is 0.0357. The SMILES string of the molecule is N=C(NO)c1c(F)ccc(N(c2cccc(Cl)c2)[SH](=O)=O)c1F. The summed E-state index contributed by atoms with van der Waals surface area (Å²) in [5.41, 5.74) is -0.0531. The van der Waals surface area contributed by atoms with Crippen molar-refractivity contribution in [3.05, 3.63) is 58.6 Å². The van der Waals surface area contributed by atoms with Crippen LogP contribution < -0.4 is 9.79 Å². The minimum atomic E-state index is -3.33. The Bertz CT molecular complexity index is 837. The van der Waals surface area contributed by atoms with Crippen LogP contribution in [0.3, 0.4) is 0 Å². The Balaban J connectivity index is 2.69. The predicted octanol–water partition coefficient (Wildman–Crippen LogP) is 2.59. The molecule has 6 nitrogen and oxygen atoms in total. The Morgan fingerprint density at radius 1 is 1.26 bits per heavy atom. The first-order valence-corrected chi connectivity index (χ1v) is 7.54. The molecule has 10 heteroatoms. The van der Waals surface area contributed by atoms with Gasteiger partial charge in [0.05, 0.1) is 16.9 Å². The van der Waals surface area contributed by atoms with Crippen LogP contribution in [0.4, 0.5) is 20.2 Å². The van der Waals surface area contributed by atoms with Crippen molar-refractivity contribution in [2.45, 2.75) is 0 Å². The van der Waals surface area contributed by atoms with E-state index >= 15 is 0 Å². The fourth-order valence-electron chi connectivity index (χ4n) is 1.92. The molecule has 0 aliphatic carbocycles.